The number of amides is 2. The fourth-order valence-electron chi connectivity index (χ4n) is 2.97. The van der Waals surface area contributed by atoms with Crippen LogP contribution in [0.25, 0.3) is 0 Å². The molecule has 1 saturated heterocycles. The molecule has 1 N–H and O–H groups in total. The first-order valence-electron chi connectivity index (χ1n) is 8.63. The zero-order valence-corrected chi connectivity index (χ0v) is 15.0. The van der Waals surface area contributed by atoms with E-state index in [9.17, 15) is 22.8 Å². The SMILES string of the molecule is O=C(Nc1nnc([C@H]2CC(=O)N(c3ccc(OC(F)(F)F)cc3)C2)o1)c1ccco1. The standard InChI is InChI=1S/C18H13F3N4O5/c19-18(20,21)30-12-5-3-11(4-6-12)25-9-10(8-14(25)26)16-23-24-17(29-16)22-15(27)13-2-1-7-28-13/h1-7,10H,8-9H2,(H,22,24,27)/t10-/m0/s1. The highest BCUT2D eigenvalue weighted by molar-refractivity contribution is 6.00. The number of nitrogens with zero attached hydrogens (tertiary/aromatic N) is 3. The van der Waals surface area contributed by atoms with Crippen LogP contribution in [-0.2, 0) is 4.79 Å². The molecule has 1 fully saturated rings. The third-order valence-electron chi connectivity index (χ3n) is 4.26. The van der Waals surface area contributed by atoms with E-state index in [0.29, 0.717) is 5.69 Å². The molecule has 2 amide bonds. The number of rotatable bonds is 5. The smallest absolute Gasteiger partial charge is 0.459 e. The summed E-state index contributed by atoms with van der Waals surface area (Å²) < 4.78 is 51.0. The number of aromatic nitrogens is 2. The minimum absolute atomic E-state index is 0.0641. The van der Waals surface area contributed by atoms with Crippen molar-refractivity contribution in [2.45, 2.75) is 18.7 Å². The highest BCUT2D eigenvalue weighted by Gasteiger charge is 2.35. The summed E-state index contributed by atoms with van der Waals surface area (Å²) in [7, 11) is 0. The average molecular weight is 422 g/mol. The Morgan fingerprint density at radius 1 is 1.20 bits per heavy atom. The molecule has 30 heavy (non-hydrogen) atoms. The number of hydrogen-bond acceptors (Lipinski definition) is 7. The number of ether oxygens (including phenoxy) is 1. The maximum Gasteiger partial charge on any atom is 0.573 e. The highest BCUT2D eigenvalue weighted by atomic mass is 19.4. The molecule has 1 aromatic carbocycles. The van der Waals surface area contributed by atoms with Crippen molar-refractivity contribution in [1.29, 1.82) is 0 Å². The van der Waals surface area contributed by atoms with Crippen LogP contribution in [0.1, 0.15) is 28.8 Å². The van der Waals surface area contributed by atoms with Gasteiger partial charge in [0.2, 0.25) is 11.8 Å². The van der Waals surface area contributed by atoms with Gasteiger partial charge in [-0.2, -0.15) is 0 Å². The van der Waals surface area contributed by atoms with Gasteiger partial charge in [0, 0.05) is 18.7 Å². The van der Waals surface area contributed by atoms with Gasteiger partial charge in [0.05, 0.1) is 12.2 Å². The van der Waals surface area contributed by atoms with E-state index in [-0.39, 0.29) is 42.3 Å². The molecule has 0 radical (unpaired) electrons. The maximum absolute atomic E-state index is 12.4. The molecular formula is C18H13F3N4O5. The number of anilines is 2. The summed E-state index contributed by atoms with van der Waals surface area (Å²) in [5.74, 6) is -1.44. The Kier molecular flexibility index (Phi) is 4.90. The fraction of sp³-hybridized carbons (Fsp3) is 0.222. The van der Waals surface area contributed by atoms with Crippen LogP contribution in [-0.4, -0.2) is 34.9 Å². The minimum atomic E-state index is -4.79. The molecule has 0 saturated carbocycles. The van der Waals surface area contributed by atoms with E-state index >= 15 is 0 Å². The predicted molar refractivity (Wildman–Crippen MR) is 93.8 cm³/mol. The number of hydrogen-bond donors (Lipinski definition) is 1. The van der Waals surface area contributed by atoms with Crippen LogP contribution >= 0.6 is 0 Å². The summed E-state index contributed by atoms with van der Waals surface area (Å²) in [6.07, 6.45) is -3.39. The van der Waals surface area contributed by atoms with Gasteiger partial charge in [-0.25, -0.2) is 0 Å². The number of nitrogens with one attached hydrogen (secondary N) is 1. The molecule has 0 aliphatic carbocycles. The molecular weight excluding hydrogens is 409 g/mol. The number of alkyl halides is 3. The zero-order chi connectivity index (χ0) is 21.3. The third kappa shape index (κ3) is 4.26. The number of furan rings is 1. The second kappa shape index (κ2) is 7.54. The van der Waals surface area contributed by atoms with E-state index in [0.717, 1.165) is 12.1 Å². The van der Waals surface area contributed by atoms with Crippen LogP contribution in [0.2, 0.25) is 0 Å². The number of benzene rings is 1. The largest absolute Gasteiger partial charge is 0.573 e. The molecule has 1 atom stereocenters. The second-order valence-corrected chi connectivity index (χ2v) is 6.32. The molecule has 1 aliphatic heterocycles. The van der Waals surface area contributed by atoms with E-state index < -0.39 is 18.2 Å². The van der Waals surface area contributed by atoms with Crippen molar-refractivity contribution >= 4 is 23.5 Å². The third-order valence-corrected chi connectivity index (χ3v) is 4.26. The van der Waals surface area contributed by atoms with Gasteiger partial charge in [-0.15, -0.1) is 18.3 Å². The van der Waals surface area contributed by atoms with Crippen LogP contribution in [0.5, 0.6) is 5.75 Å². The molecule has 156 valence electrons. The molecule has 0 spiro atoms. The Labute approximate surface area is 166 Å². The fourth-order valence-corrected chi connectivity index (χ4v) is 2.97. The summed E-state index contributed by atoms with van der Waals surface area (Å²) in [5.41, 5.74) is 0.405. The topological polar surface area (TPSA) is 111 Å². The minimum Gasteiger partial charge on any atom is -0.459 e. The average Bonchev–Trinajstić information content (AvgIpc) is 3.41. The lowest BCUT2D eigenvalue weighted by molar-refractivity contribution is -0.274. The van der Waals surface area contributed by atoms with E-state index in [2.05, 4.69) is 20.3 Å². The monoisotopic (exact) mass is 422 g/mol. The van der Waals surface area contributed by atoms with Crippen molar-refractivity contribution in [3.8, 4) is 5.75 Å². The first-order valence-corrected chi connectivity index (χ1v) is 8.63. The molecule has 1 aliphatic rings. The van der Waals surface area contributed by atoms with Gasteiger partial charge in [0.1, 0.15) is 5.75 Å². The molecule has 0 bridgehead atoms. The highest BCUT2D eigenvalue weighted by Crippen LogP contribution is 2.33. The maximum atomic E-state index is 12.4. The predicted octanol–water partition coefficient (Wildman–Crippen LogP) is 3.33. The van der Waals surface area contributed by atoms with E-state index in [1.165, 1.54) is 29.4 Å². The van der Waals surface area contributed by atoms with Gasteiger partial charge >= 0.3 is 12.4 Å². The van der Waals surface area contributed by atoms with Gasteiger partial charge in [0.25, 0.3) is 5.91 Å². The van der Waals surface area contributed by atoms with Crippen molar-refractivity contribution in [3.63, 3.8) is 0 Å². The molecule has 3 aromatic rings. The van der Waals surface area contributed by atoms with E-state index in [1.54, 1.807) is 6.07 Å². The van der Waals surface area contributed by atoms with E-state index in [1.807, 2.05) is 0 Å². The lowest BCUT2D eigenvalue weighted by atomic mass is 10.1. The van der Waals surface area contributed by atoms with Crippen molar-refractivity contribution in [1.82, 2.24) is 10.2 Å². The first kappa shape index (κ1) is 19.5. The quantitative estimate of drug-likeness (QED) is 0.671. The van der Waals surface area contributed by atoms with Gasteiger partial charge in [-0.05, 0) is 36.4 Å². The Hall–Kier alpha value is -3.83. The van der Waals surface area contributed by atoms with Crippen LogP contribution in [0.15, 0.2) is 51.5 Å². The molecule has 9 nitrogen and oxygen atoms in total. The Morgan fingerprint density at radius 2 is 1.97 bits per heavy atom. The lowest BCUT2D eigenvalue weighted by Crippen LogP contribution is -2.24. The normalized spacial score (nSPS) is 16.7. The van der Waals surface area contributed by atoms with Gasteiger partial charge in [-0.1, -0.05) is 5.10 Å². The van der Waals surface area contributed by atoms with Crippen LogP contribution in [0.3, 0.4) is 0 Å². The summed E-state index contributed by atoms with van der Waals surface area (Å²) in [6, 6.07) is 7.82. The summed E-state index contributed by atoms with van der Waals surface area (Å²) >= 11 is 0. The number of carbonyl (C=O) groups is 2. The summed E-state index contributed by atoms with van der Waals surface area (Å²) in [5, 5.41) is 9.99. The number of halogens is 3. The van der Waals surface area contributed by atoms with Gasteiger partial charge < -0.3 is 18.5 Å². The summed E-state index contributed by atoms with van der Waals surface area (Å²) in [4.78, 5) is 25.7. The van der Waals surface area contributed by atoms with Crippen molar-refractivity contribution < 1.29 is 36.3 Å². The Bertz CT molecular complexity index is 1050. The molecule has 3 heterocycles. The zero-order valence-electron chi connectivity index (χ0n) is 15.0. The van der Waals surface area contributed by atoms with Gasteiger partial charge in [-0.3, -0.25) is 14.9 Å². The van der Waals surface area contributed by atoms with Crippen molar-refractivity contribution in [2.24, 2.45) is 0 Å². The van der Waals surface area contributed by atoms with Crippen molar-refractivity contribution in [3.05, 3.63) is 54.3 Å². The molecule has 4 rings (SSSR count). The van der Waals surface area contributed by atoms with Crippen LogP contribution in [0.4, 0.5) is 24.9 Å². The van der Waals surface area contributed by atoms with Gasteiger partial charge in [0.15, 0.2) is 5.76 Å². The van der Waals surface area contributed by atoms with Crippen LogP contribution in [0, 0.1) is 0 Å². The van der Waals surface area contributed by atoms with Crippen molar-refractivity contribution in [2.75, 3.05) is 16.8 Å². The Morgan fingerprint density at radius 3 is 2.63 bits per heavy atom. The summed E-state index contributed by atoms with van der Waals surface area (Å²) in [6.45, 7) is 0.187. The molecule has 2 aromatic heterocycles. The Balaban J connectivity index is 1.41. The van der Waals surface area contributed by atoms with Crippen LogP contribution < -0.4 is 15.0 Å². The lowest BCUT2D eigenvalue weighted by Gasteiger charge is -2.17. The molecule has 0 unspecified atom stereocenters. The molecule has 12 heteroatoms. The van der Waals surface area contributed by atoms with E-state index in [4.69, 9.17) is 8.83 Å². The second-order valence-electron chi connectivity index (χ2n) is 6.32. The number of carbonyl (C=O) groups excluding carboxylic acids is 2. The first-order chi connectivity index (χ1) is 14.3.